The van der Waals surface area contributed by atoms with Crippen molar-refractivity contribution >= 4 is 40.5 Å². The summed E-state index contributed by atoms with van der Waals surface area (Å²) in [7, 11) is 1.43. The molecule has 0 atom stereocenters. The molecule has 26 heavy (non-hydrogen) atoms. The summed E-state index contributed by atoms with van der Waals surface area (Å²) in [6.45, 7) is 1.77. The number of anilines is 1. The second-order valence-corrected chi connectivity index (χ2v) is 6.07. The van der Waals surface area contributed by atoms with E-state index in [-0.39, 0.29) is 21.4 Å². The molecule has 0 saturated heterocycles. The van der Waals surface area contributed by atoms with Gasteiger partial charge in [0, 0.05) is 0 Å². The molecule has 2 N–H and O–H groups in total. The van der Waals surface area contributed by atoms with Crippen molar-refractivity contribution in [2.45, 2.75) is 13.1 Å². The molecule has 138 valence electrons. The number of aryl methyl sites for hydroxylation is 1. The number of benzene rings is 2. The fourth-order valence-corrected chi connectivity index (χ4v) is 2.59. The monoisotopic (exact) mass is 402 g/mol. The van der Waals surface area contributed by atoms with E-state index in [0.29, 0.717) is 5.75 Å². The van der Waals surface area contributed by atoms with Crippen LogP contribution in [0.25, 0.3) is 0 Å². The number of hydrogen-bond donors (Lipinski definition) is 2. The summed E-state index contributed by atoms with van der Waals surface area (Å²) in [5.74, 6) is -0.184. The van der Waals surface area contributed by atoms with E-state index in [4.69, 9.17) is 28.6 Å². The normalized spacial score (nSPS) is 11.0. The highest BCUT2D eigenvalue weighted by Gasteiger charge is 2.31. The largest absolute Gasteiger partial charge is 0.496 e. The minimum Gasteiger partial charge on any atom is -0.496 e. The Labute approximate surface area is 158 Å². The van der Waals surface area contributed by atoms with E-state index in [1.807, 2.05) is 0 Å². The lowest BCUT2D eigenvalue weighted by molar-refractivity contribution is -0.137. The quantitative estimate of drug-likeness (QED) is 0.724. The molecule has 2 rings (SSSR count). The van der Waals surface area contributed by atoms with Gasteiger partial charge in [-0.2, -0.15) is 13.2 Å². The molecular formula is C17H14ClF3N2O2S. The first-order chi connectivity index (χ1) is 12.1. The molecular weight excluding hydrogens is 389 g/mol. The molecule has 9 heteroatoms. The summed E-state index contributed by atoms with van der Waals surface area (Å²) < 4.78 is 43.6. The fraction of sp³-hybridized carbons (Fsp3) is 0.176. The predicted octanol–water partition coefficient (Wildman–Crippen LogP) is 4.80. The molecule has 4 nitrogen and oxygen atoms in total. The van der Waals surface area contributed by atoms with Gasteiger partial charge >= 0.3 is 6.18 Å². The molecule has 1 amide bonds. The number of thiocarbonyl (C=S) groups is 1. The van der Waals surface area contributed by atoms with Gasteiger partial charge in [-0.05, 0) is 49.0 Å². The van der Waals surface area contributed by atoms with Gasteiger partial charge < -0.3 is 10.1 Å². The number of ether oxygens (including phenoxy) is 1. The first-order valence-electron chi connectivity index (χ1n) is 7.26. The van der Waals surface area contributed by atoms with Gasteiger partial charge in [-0.25, -0.2) is 0 Å². The lowest BCUT2D eigenvalue weighted by Gasteiger charge is -2.15. The number of hydrogen-bond acceptors (Lipinski definition) is 3. The van der Waals surface area contributed by atoms with Crippen molar-refractivity contribution in [3.8, 4) is 5.75 Å². The molecule has 0 saturated carbocycles. The third-order valence-corrected chi connectivity index (χ3v) is 3.96. The van der Waals surface area contributed by atoms with Crippen LogP contribution in [0.4, 0.5) is 18.9 Å². The second kappa shape index (κ2) is 7.92. The minimum atomic E-state index is -4.53. The Bertz CT molecular complexity index is 856. The van der Waals surface area contributed by atoms with Gasteiger partial charge in [-0.15, -0.1) is 0 Å². The SMILES string of the molecule is COc1c(C)cccc1C(=O)NC(=S)Nc1cc(C(F)(F)F)ccc1Cl. The second-order valence-electron chi connectivity index (χ2n) is 5.26. The van der Waals surface area contributed by atoms with Gasteiger partial charge in [0.1, 0.15) is 5.75 Å². The van der Waals surface area contributed by atoms with Crippen molar-refractivity contribution in [1.82, 2.24) is 5.32 Å². The van der Waals surface area contributed by atoms with Crippen LogP contribution in [0.3, 0.4) is 0 Å². The van der Waals surface area contributed by atoms with E-state index >= 15 is 0 Å². The van der Waals surface area contributed by atoms with Crippen LogP contribution in [0.5, 0.6) is 5.75 Å². The average Bonchev–Trinajstić information content (AvgIpc) is 2.55. The first kappa shape index (κ1) is 20.0. The smallest absolute Gasteiger partial charge is 0.416 e. The number of halogens is 4. The number of rotatable bonds is 3. The third kappa shape index (κ3) is 4.64. The molecule has 0 aliphatic rings. The zero-order valence-electron chi connectivity index (χ0n) is 13.7. The molecule has 0 aliphatic carbocycles. The zero-order chi connectivity index (χ0) is 19.5. The van der Waals surface area contributed by atoms with E-state index in [9.17, 15) is 18.0 Å². The molecule has 0 aromatic heterocycles. The number of carbonyl (C=O) groups is 1. The lowest BCUT2D eigenvalue weighted by atomic mass is 10.1. The number of alkyl halides is 3. The molecule has 2 aromatic carbocycles. The number of amides is 1. The van der Waals surface area contributed by atoms with Crippen molar-refractivity contribution in [2.24, 2.45) is 0 Å². The summed E-state index contributed by atoms with van der Waals surface area (Å²) in [5.41, 5.74) is 0.0358. The molecule has 0 radical (unpaired) electrons. The Morgan fingerprint density at radius 1 is 1.23 bits per heavy atom. The maximum atomic E-state index is 12.8. The summed E-state index contributed by atoms with van der Waals surface area (Å²) >= 11 is 10.9. The van der Waals surface area contributed by atoms with Crippen LogP contribution >= 0.6 is 23.8 Å². The van der Waals surface area contributed by atoms with Crippen molar-refractivity contribution in [3.05, 3.63) is 58.1 Å². The lowest BCUT2D eigenvalue weighted by Crippen LogP contribution is -2.34. The Morgan fingerprint density at radius 2 is 1.92 bits per heavy atom. The number of carbonyl (C=O) groups excluding carboxylic acids is 1. The Hall–Kier alpha value is -2.32. The maximum absolute atomic E-state index is 12.8. The van der Waals surface area contributed by atoms with Crippen LogP contribution in [0.1, 0.15) is 21.5 Å². The highest BCUT2D eigenvalue weighted by atomic mass is 35.5. The predicted molar refractivity (Wildman–Crippen MR) is 97.9 cm³/mol. The van der Waals surface area contributed by atoms with Crippen LogP contribution in [0.15, 0.2) is 36.4 Å². The zero-order valence-corrected chi connectivity index (χ0v) is 15.3. The molecule has 0 spiro atoms. The van der Waals surface area contributed by atoms with Gasteiger partial charge in [-0.3, -0.25) is 10.1 Å². The van der Waals surface area contributed by atoms with Crippen molar-refractivity contribution in [1.29, 1.82) is 0 Å². The van der Waals surface area contributed by atoms with E-state index in [1.165, 1.54) is 7.11 Å². The third-order valence-electron chi connectivity index (χ3n) is 3.43. The van der Waals surface area contributed by atoms with Crippen molar-refractivity contribution in [3.63, 3.8) is 0 Å². The molecule has 0 unspecified atom stereocenters. The van der Waals surface area contributed by atoms with Crippen molar-refractivity contribution < 1.29 is 22.7 Å². The number of para-hydroxylation sites is 1. The maximum Gasteiger partial charge on any atom is 0.416 e. The Kier molecular flexibility index (Phi) is 6.09. The molecule has 0 aliphatic heterocycles. The summed E-state index contributed by atoms with van der Waals surface area (Å²) in [6, 6.07) is 7.75. The van der Waals surface area contributed by atoms with E-state index in [0.717, 1.165) is 23.8 Å². The summed E-state index contributed by atoms with van der Waals surface area (Å²) in [4.78, 5) is 12.4. The van der Waals surface area contributed by atoms with E-state index in [1.54, 1.807) is 25.1 Å². The van der Waals surface area contributed by atoms with Gasteiger partial charge in [-0.1, -0.05) is 23.7 Å². The van der Waals surface area contributed by atoms with Crippen LogP contribution in [0, 0.1) is 6.92 Å². The summed E-state index contributed by atoms with van der Waals surface area (Å²) in [5, 5.41) is 4.73. The van der Waals surface area contributed by atoms with Gasteiger partial charge in [0.25, 0.3) is 5.91 Å². The highest BCUT2D eigenvalue weighted by Crippen LogP contribution is 2.33. The summed E-state index contributed by atoms with van der Waals surface area (Å²) in [6.07, 6.45) is -4.53. The Balaban J connectivity index is 2.17. The highest BCUT2D eigenvalue weighted by molar-refractivity contribution is 7.80. The number of methoxy groups -OCH3 is 1. The van der Waals surface area contributed by atoms with Crippen LogP contribution in [0.2, 0.25) is 5.02 Å². The van der Waals surface area contributed by atoms with E-state index < -0.39 is 17.6 Å². The molecule has 0 fully saturated rings. The first-order valence-corrected chi connectivity index (χ1v) is 8.04. The topological polar surface area (TPSA) is 50.4 Å². The molecule has 0 heterocycles. The Morgan fingerprint density at radius 3 is 2.54 bits per heavy atom. The average molecular weight is 403 g/mol. The van der Waals surface area contributed by atoms with Crippen LogP contribution in [-0.2, 0) is 6.18 Å². The van der Waals surface area contributed by atoms with Gasteiger partial charge in [0.2, 0.25) is 0 Å². The van der Waals surface area contributed by atoms with Crippen LogP contribution in [-0.4, -0.2) is 18.1 Å². The van der Waals surface area contributed by atoms with Gasteiger partial charge in [0.15, 0.2) is 5.11 Å². The van der Waals surface area contributed by atoms with Gasteiger partial charge in [0.05, 0.1) is 28.9 Å². The standard InChI is InChI=1S/C17H14ClF3N2O2S/c1-9-4-3-5-11(14(9)25-2)15(24)23-16(26)22-13-8-10(17(19,20)21)6-7-12(13)18/h3-8H,1-2H3,(H2,22,23,24,26). The molecule has 2 aromatic rings. The molecule has 0 bridgehead atoms. The fourth-order valence-electron chi connectivity index (χ4n) is 2.22. The number of nitrogens with one attached hydrogen (secondary N) is 2. The minimum absolute atomic E-state index is 0.0303. The van der Waals surface area contributed by atoms with Crippen molar-refractivity contribution in [2.75, 3.05) is 12.4 Å². The van der Waals surface area contributed by atoms with E-state index in [2.05, 4.69) is 10.6 Å². The van der Waals surface area contributed by atoms with Crippen LogP contribution < -0.4 is 15.4 Å².